The topological polar surface area (TPSA) is 61.4 Å². The van der Waals surface area contributed by atoms with Crippen LogP contribution in [0.5, 0.6) is 0 Å². The van der Waals surface area contributed by atoms with Gasteiger partial charge in [0, 0.05) is 29.9 Å². The van der Waals surface area contributed by atoms with Crippen LogP contribution in [-0.4, -0.2) is 41.9 Å². The Morgan fingerprint density at radius 2 is 2.30 bits per heavy atom. The minimum absolute atomic E-state index is 0.0460. The second kappa shape index (κ2) is 5.93. The fourth-order valence-electron chi connectivity index (χ4n) is 3.05. The van der Waals surface area contributed by atoms with Gasteiger partial charge in [-0.25, -0.2) is 0 Å². The van der Waals surface area contributed by atoms with Crippen LogP contribution >= 0.6 is 11.3 Å². The van der Waals surface area contributed by atoms with E-state index in [1.807, 2.05) is 17.5 Å². The lowest BCUT2D eigenvalue weighted by Crippen LogP contribution is -2.44. The molecular weight excluding hydrogens is 274 g/mol. The molecule has 2 aliphatic heterocycles. The fourth-order valence-corrected chi connectivity index (χ4v) is 3.69. The van der Waals surface area contributed by atoms with Crippen molar-refractivity contribution in [3.05, 3.63) is 22.4 Å². The first kappa shape index (κ1) is 13.6. The second-order valence-electron chi connectivity index (χ2n) is 5.42. The molecule has 2 saturated heterocycles. The molecule has 2 bridgehead atoms. The third kappa shape index (κ3) is 3.02. The van der Waals surface area contributed by atoms with Gasteiger partial charge in [-0.05, 0) is 24.3 Å². The van der Waals surface area contributed by atoms with E-state index in [0.29, 0.717) is 32.1 Å². The highest BCUT2D eigenvalue weighted by molar-refractivity contribution is 7.09. The third-order valence-electron chi connectivity index (χ3n) is 4.09. The molecule has 2 N–H and O–H groups in total. The molecule has 2 aliphatic rings. The summed E-state index contributed by atoms with van der Waals surface area (Å²) in [5, 5.41) is 7.89. The predicted molar refractivity (Wildman–Crippen MR) is 77.3 cm³/mol. The summed E-state index contributed by atoms with van der Waals surface area (Å²) in [4.78, 5) is 27.0. The number of carbonyl (C=O) groups excluding carboxylic acids is 2. The monoisotopic (exact) mass is 293 g/mol. The Kier molecular flexibility index (Phi) is 4.03. The third-order valence-corrected chi connectivity index (χ3v) is 4.97. The minimum Gasteiger partial charge on any atom is -0.354 e. The number of rotatable bonds is 4. The Morgan fingerprint density at radius 3 is 3.10 bits per heavy atom. The predicted octanol–water partition coefficient (Wildman–Crippen LogP) is 0.717. The van der Waals surface area contributed by atoms with Gasteiger partial charge in [0.05, 0.1) is 13.1 Å². The standard InChI is InChI=1S/C14H19N3O2S/c18-13-6-10-3-4-11(7-15-13)17(10)9-14(19)16-8-12-2-1-5-20-12/h1-2,5,10-11H,3-4,6-9H2,(H,15,18)(H,16,19)/t10-,11+/m1/s1. The summed E-state index contributed by atoms with van der Waals surface area (Å²) in [6.07, 6.45) is 2.62. The number of carbonyl (C=O) groups is 2. The molecule has 0 unspecified atom stereocenters. The lowest BCUT2D eigenvalue weighted by atomic mass is 10.1. The van der Waals surface area contributed by atoms with E-state index in [1.54, 1.807) is 11.3 Å². The number of hydrogen-bond donors (Lipinski definition) is 2. The van der Waals surface area contributed by atoms with Crippen molar-refractivity contribution in [1.29, 1.82) is 0 Å². The van der Waals surface area contributed by atoms with Crippen LogP contribution < -0.4 is 10.6 Å². The van der Waals surface area contributed by atoms with Crippen molar-refractivity contribution in [1.82, 2.24) is 15.5 Å². The molecule has 2 amide bonds. The number of nitrogens with zero attached hydrogens (tertiary/aromatic N) is 1. The summed E-state index contributed by atoms with van der Waals surface area (Å²) in [5.41, 5.74) is 0. The molecular formula is C14H19N3O2S. The largest absolute Gasteiger partial charge is 0.354 e. The summed E-state index contributed by atoms with van der Waals surface area (Å²) < 4.78 is 0. The van der Waals surface area contributed by atoms with Crippen molar-refractivity contribution < 1.29 is 9.59 Å². The van der Waals surface area contributed by atoms with Crippen LogP contribution in [0.15, 0.2) is 17.5 Å². The van der Waals surface area contributed by atoms with Crippen molar-refractivity contribution in [3.63, 3.8) is 0 Å². The van der Waals surface area contributed by atoms with Crippen LogP contribution in [0.2, 0.25) is 0 Å². The van der Waals surface area contributed by atoms with Gasteiger partial charge in [0.2, 0.25) is 11.8 Å². The van der Waals surface area contributed by atoms with Crippen LogP contribution in [0.4, 0.5) is 0 Å². The van der Waals surface area contributed by atoms with E-state index in [1.165, 1.54) is 0 Å². The molecule has 0 spiro atoms. The smallest absolute Gasteiger partial charge is 0.234 e. The highest BCUT2D eigenvalue weighted by Crippen LogP contribution is 2.27. The van der Waals surface area contributed by atoms with Crippen molar-refractivity contribution >= 4 is 23.2 Å². The summed E-state index contributed by atoms with van der Waals surface area (Å²) in [7, 11) is 0. The zero-order valence-electron chi connectivity index (χ0n) is 11.3. The number of thiophene rings is 1. The molecule has 108 valence electrons. The van der Waals surface area contributed by atoms with E-state index in [-0.39, 0.29) is 17.9 Å². The van der Waals surface area contributed by atoms with Crippen molar-refractivity contribution in [2.45, 2.75) is 37.9 Å². The molecule has 0 saturated carbocycles. The van der Waals surface area contributed by atoms with Crippen LogP contribution in [-0.2, 0) is 16.1 Å². The molecule has 1 aromatic rings. The van der Waals surface area contributed by atoms with Gasteiger partial charge in [-0.1, -0.05) is 6.07 Å². The molecule has 0 aliphatic carbocycles. The molecule has 1 aromatic heterocycles. The van der Waals surface area contributed by atoms with Gasteiger partial charge < -0.3 is 10.6 Å². The molecule has 2 fully saturated rings. The Balaban J connectivity index is 1.54. The maximum Gasteiger partial charge on any atom is 0.234 e. The van der Waals surface area contributed by atoms with E-state index >= 15 is 0 Å². The van der Waals surface area contributed by atoms with Crippen LogP contribution in [0.25, 0.3) is 0 Å². The molecule has 3 heterocycles. The average Bonchev–Trinajstić information content (AvgIpc) is 3.01. The van der Waals surface area contributed by atoms with Gasteiger partial charge in [-0.15, -0.1) is 11.3 Å². The van der Waals surface area contributed by atoms with Gasteiger partial charge in [0.25, 0.3) is 0 Å². The van der Waals surface area contributed by atoms with E-state index in [0.717, 1.165) is 17.7 Å². The zero-order valence-corrected chi connectivity index (χ0v) is 12.1. The maximum absolute atomic E-state index is 12.1. The Hall–Kier alpha value is -1.40. The summed E-state index contributed by atoms with van der Waals surface area (Å²) in [6, 6.07) is 4.55. The molecule has 0 aromatic carbocycles. The minimum atomic E-state index is 0.0460. The zero-order chi connectivity index (χ0) is 13.9. The van der Waals surface area contributed by atoms with E-state index in [4.69, 9.17) is 0 Å². The first-order valence-electron chi connectivity index (χ1n) is 7.04. The lowest BCUT2D eigenvalue weighted by Gasteiger charge is -2.26. The van der Waals surface area contributed by atoms with E-state index in [9.17, 15) is 9.59 Å². The number of amides is 2. The van der Waals surface area contributed by atoms with Crippen LogP contribution in [0.3, 0.4) is 0 Å². The molecule has 20 heavy (non-hydrogen) atoms. The number of nitrogens with one attached hydrogen (secondary N) is 2. The molecule has 2 atom stereocenters. The first-order chi connectivity index (χ1) is 9.72. The van der Waals surface area contributed by atoms with Gasteiger partial charge >= 0.3 is 0 Å². The van der Waals surface area contributed by atoms with Gasteiger partial charge in [0.1, 0.15) is 0 Å². The lowest BCUT2D eigenvalue weighted by molar-refractivity contribution is -0.124. The van der Waals surface area contributed by atoms with Crippen LogP contribution in [0.1, 0.15) is 24.1 Å². The second-order valence-corrected chi connectivity index (χ2v) is 6.45. The van der Waals surface area contributed by atoms with Gasteiger partial charge in [0.15, 0.2) is 0 Å². The maximum atomic E-state index is 12.1. The van der Waals surface area contributed by atoms with Gasteiger partial charge in [-0.2, -0.15) is 0 Å². The Labute approximate surface area is 122 Å². The van der Waals surface area contributed by atoms with Crippen LogP contribution in [0, 0.1) is 0 Å². The normalized spacial score (nSPS) is 26.1. The van der Waals surface area contributed by atoms with E-state index in [2.05, 4.69) is 15.5 Å². The molecule has 6 heteroatoms. The highest BCUT2D eigenvalue weighted by atomic mass is 32.1. The van der Waals surface area contributed by atoms with Crippen molar-refractivity contribution in [3.8, 4) is 0 Å². The Morgan fingerprint density at radius 1 is 1.45 bits per heavy atom. The molecule has 0 radical (unpaired) electrons. The molecule has 5 nitrogen and oxygen atoms in total. The summed E-state index contributed by atoms with van der Waals surface area (Å²) in [6.45, 7) is 1.67. The SMILES string of the molecule is O=C1C[C@H]2CC[C@@H](CN1)N2CC(=O)NCc1cccs1. The average molecular weight is 293 g/mol. The molecule has 3 rings (SSSR count). The number of hydrogen-bond acceptors (Lipinski definition) is 4. The van der Waals surface area contributed by atoms with Crippen molar-refractivity contribution in [2.24, 2.45) is 0 Å². The summed E-state index contributed by atoms with van der Waals surface area (Å²) in [5.74, 6) is 0.158. The van der Waals surface area contributed by atoms with E-state index < -0.39 is 0 Å². The highest BCUT2D eigenvalue weighted by Gasteiger charge is 2.38. The van der Waals surface area contributed by atoms with Gasteiger partial charge in [-0.3, -0.25) is 14.5 Å². The Bertz CT molecular complexity index is 489. The summed E-state index contributed by atoms with van der Waals surface area (Å²) >= 11 is 1.65. The number of fused-ring (bicyclic) bond motifs is 2. The van der Waals surface area contributed by atoms with Crippen molar-refractivity contribution in [2.75, 3.05) is 13.1 Å². The fraction of sp³-hybridized carbons (Fsp3) is 0.571. The first-order valence-corrected chi connectivity index (χ1v) is 7.92. The quantitative estimate of drug-likeness (QED) is 0.860.